The van der Waals surface area contributed by atoms with Crippen LogP contribution in [-0.2, 0) is 11.0 Å². The highest BCUT2D eigenvalue weighted by Crippen LogP contribution is 2.67. The first kappa shape index (κ1) is 39.0. The number of rotatable bonds is 6. The molecule has 0 N–H and O–H groups in total. The van der Waals surface area contributed by atoms with Gasteiger partial charge in [0.15, 0.2) is 23.1 Å². The van der Waals surface area contributed by atoms with E-state index in [1.165, 1.54) is 11.1 Å². The zero-order valence-corrected chi connectivity index (χ0v) is 36.2. The number of methoxy groups -OCH3 is 1. The summed E-state index contributed by atoms with van der Waals surface area (Å²) in [5, 5.41) is 2.14. The van der Waals surface area contributed by atoms with Crippen molar-refractivity contribution in [3.05, 3.63) is 191 Å². The maximum Gasteiger partial charge on any atom is 0.178 e. The van der Waals surface area contributed by atoms with Crippen LogP contribution < -0.4 is 9.47 Å². The number of halogens is 1. The quantitative estimate of drug-likeness (QED) is 0.167. The zero-order chi connectivity index (χ0) is 43.1. The van der Waals surface area contributed by atoms with Crippen LogP contribution in [0.15, 0.2) is 158 Å². The second-order valence-corrected chi connectivity index (χ2v) is 19.2. The Morgan fingerprint density at radius 1 is 0.571 bits per heavy atom. The predicted octanol–water partition coefficient (Wildman–Crippen LogP) is 14.0. The van der Waals surface area contributed by atoms with Crippen molar-refractivity contribution in [2.24, 2.45) is 10.8 Å². The number of benzene rings is 7. The van der Waals surface area contributed by atoms with Gasteiger partial charge >= 0.3 is 0 Å². The van der Waals surface area contributed by atoms with Gasteiger partial charge in [-0.25, -0.2) is 19.3 Å². The lowest BCUT2D eigenvalue weighted by atomic mass is 9.52. The molecule has 0 amide bonds. The lowest BCUT2D eigenvalue weighted by Crippen LogP contribution is -2.44. The van der Waals surface area contributed by atoms with Gasteiger partial charge < -0.3 is 9.47 Å². The number of nitrogens with zero attached hydrogens (tertiary/aromatic N) is 3. The summed E-state index contributed by atoms with van der Waals surface area (Å²) in [5.74, 6) is 3.21. The highest BCUT2D eigenvalue weighted by molar-refractivity contribution is 6.08. The molecule has 1 saturated carbocycles. The summed E-state index contributed by atoms with van der Waals surface area (Å²) < 4.78 is 28.9. The maximum atomic E-state index is 15.6. The minimum atomic E-state index is -1.02. The van der Waals surface area contributed by atoms with Crippen molar-refractivity contribution in [3.8, 4) is 56.8 Å². The van der Waals surface area contributed by atoms with Crippen molar-refractivity contribution < 1.29 is 13.9 Å². The van der Waals surface area contributed by atoms with Crippen molar-refractivity contribution >= 4 is 16.8 Å². The fourth-order valence-electron chi connectivity index (χ4n) is 11.7. The van der Waals surface area contributed by atoms with Gasteiger partial charge in [0.05, 0.1) is 7.11 Å². The van der Waals surface area contributed by atoms with Gasteiger partial charge in [0.1, 0.15) is 17.3 Å². The standard InChI is InChI=1S/C57H48FN3O2/c1-54(2)33-55(3,4)35-56(34-54)47-32-41(58)26-29-45(47)48-43-18-12-13-19-44(43)50-46(49(48)56)30-31-57(63-50,40-24-27-42(62-5)28-25-40)39-22-20-38(21-23-39)53-60-51(36-14-8-6-9-15-36)59-52(61-53)37-16-10-7-11-17-37/h6-32H,33-35H2,1-5H3. The summed E-state index contributed by atoms with van der Waals surface area (Å²) in [6.45, 7) is 9.53. The highest BCUT2D eigenvalue weighted by Gasteiger charge is 2.55. The number of hydrogen-bond acceptors (Lipinski definition) is 5. The van der Waals surface area contributed by atoms with Crippen molar-refractivity contribution in [1.29, 1.82) is 0 Å². The molecule has 8 aromatic rings. The number of fused-ring (bicyclic) bond motifs is 10. The molecule has 1 aliphatic heterocycles. The summed E-state index contributed by atoms with van der Waals surface area (Å²) in [5.41, 5.74) is 8.94. The van der Waals surface area contributed by atoms with E-state index >= 15 is 4.39 Å². The molecule has 1 aromatic heterocycles. The SMILES string of the molecule is COc1ccc(C2(c3ccc(-c4nc(-c5ccccc5)nc(-c5ccccc5)n4)cc3)C=Cc3c4c(c5ccccc5c3O2)-c2ccc(F)cc2C42CC(C)(C)CC(C)(C)C2)cc1. The Kier molecular flexibility index (Phi) is 8.85. The van der Waals surface area contributed by atoms with Crippen molar-refractivity contribution in [2.75, 3.05) is 7.11 Å². The third-order valence-corrected chi connectivity index (χ3v) is 13.5. The summed E-state index contributed by atoms with van der Waals surface area (Å²) >= 11 is 0. The topological polar surface area (TPSA) is 57.1 Å². The van der Waals surface area contributed by atoms with E-state index in [1.54, 1.807) is 13.2 Å². The Hall–Kier alpha value is -6.92. The second kappa shape index (κ2) is 14.3. The fourth-order valence-corrected chi connectivity index (χ4v) is 11.7. The highest BCUT2D eigenvalue weighted by atomic mass is 19.1. The summed E-state index contributed by atoms with van der Waals surface area (Å²) in [6, 6.07) is 50.7. The molecule has 0 bridgehead atoms. The average Bonchev–Trinajstić information content (AvgIpc) is 3.55. The molecule has 310 valence electrons. The lowest BCUT2D eigenvalue weighted by Gasteiger charge is -2.52. The molecule has 7 aromatic carbocycles. The lowest BCUT2D eigenvalue weighted by molar-refractivity contribution is 0.0640. The Bertz CT molecular complexity index is 3030. The first-order chi connectivity index (χ1) is 30.5. The van der Waals surface area contributed by atoms with Crippen LogP contribution in [0, 0.1) is 16.6 Å². The second-order valence-electron chi connectivity index (χ2n) is 19.2. The Labute approximate surface area is 368 Å². The van der Waals surface area contributed by atoms with E-state index in [9.17, 15) is 0 Å². The van der Waals surface area contributed by atoms with Crippen LogP contribution in [0.3, 0.4) is 0 Å². The predicted molar refractivity (Wildman–Crippen MR) is 251 cm³/mol. The van der Waals surface area contributed by atoms with Gasteiger partial charge in [0, 0.05) is 44.2 Å². The van der Waals surface area contributed by atoms with Crippen molar-refractivity contribution in [1.82, 2.24) is 15.0 Å². The smallest absolute Gasteiger partial charge is 0.178 e. The fraction of sp³-hybridized carbons (Fsp3) is 0.211. The number of ether oxygens (including phenoxy) is 2. The molecule has 5 nitrogen and oxygen atoms in total. The Morgan fingerprint density at radius 2 is 1.10 bits per heavy atom. The van der Waals surface area contributed by atoms with E-state index in [2.05, 4.69) is 101 Å². The van der Waals surface area contributed by atoms with Gasteiger partial charge in [-0.15, -0.1) is 0 Å². The van der Waals surface area contributed by atoms with Gasteiger partial charge in [0.2, 0.25) is 0 Å². The van der Waals surface area contributed by atoms with E-state index in [0.717, 1.165) is 86.0 Å². The molecule has 1 atom stereocenters. The summed E-state index contributed by atoms with van der Waals surface area (Å²) in [7, 11) is 1.69. The van der Waals surface area contributed by atoms with E-state index in [4.69, 9.17) is 24.4 Å². The maximum absolute atomic E-state index is 15.6. The van der Waals surface area contributed by atoms with E-state index in [1.807, 2.05) is 84.9 Å². The first-order valence-corrected chi connectivity index (χ1v) is 21.9. The van der Waals surface area contributed by atoms with Crippen LogP contribution in [0.2, 0.25) is 0 Å². The van der Waals surface area contributed by atoms with Crippen LogP contribution in [0.4, 0.5) is 4.39 Å². The summed E-state index contributed by atoms with van der Waals surface area (Å²) in [6.07, 6.45) is 7.43. The average molecular weight is 826 g/mol. The van der Waals surface area contributed by atoms with Crippen molar-refractivity contribution in [2.45, 2.75) is 58.0 Å². The molecule has 2 heterocycles. The third kappa shape index (κ3) is 6.37. The molecule has 0 radical (unpaired) electrons. The van der Waals surface area contributed by atoms with E-state index < -0.39 is 11.0 Å². The molecule has 11 rings (SSSR count). The van der Waals surface area contributed by atoms with Gasteiger partial charge in [-0.2, -0.15) is 0 Å². The number of hydrogen-bond donors (Lipinski definition) is 0. The normalized spacial score (nSPS) is 18.6. The number of aromatic nitrogens is 3. The van der Waals surface area contributed by atoms with Crippen LogP contribution in [0.25, 0.3) is 62.1 Å². The minimum absolute atomic E-state index is 0.0154. The Morgan fingerprint density at radius 3 is 1.67 bits per heavy atom. The molecule has 0 saturated heterocycles. The van der Waals surface area contributed by atoms with Crippen LogP contribution >= 0.6 is 0 Å². The molecule has 1 spiro atoms. The van der Waals surface area contributed by atoms with E-state index in [0.29, 0.717) is 17.5 Å². The minimum Gasteiger partial charge on any atom is -0.497 e. The molecule has 2 aliphatic carbocycles. The van der Waals surface area contributed by atoms with E-state index in [-0.39, 0.29) is 16.6 Å². The molecule has 3 aliphatic rings. The summed E-state index contributed by atoms with van der Waals surface area (Å²) in [4.78, 5) is 14.9. The Balaban J connectivity index is 1.11. The molecule has 63 heavy (non-hydrogen) atoms. The van der Waals surface area contributed by atoms with Gasteiger partial charge in [0.25, 0.3) is 0 Å². The van der Waals surface area contributed by atoms with Gasteiger partial charge in [-0.3, -0.25) is 0 Å². The molecule has 1 unspecified atom stereocenters. The van der Waals surface area contributed by atoms with Crippen LogP contribution in [0.1, 0.15) is 74.8 Å². The van der Waals surface area contributed by atoms with Gasteiger partial charge in [-0.05, 0) is 88.1 Å². The molecule has 1 fully saturated rings. The van der Waals surface area contributed by atoms with Crippen molar-refractivity contribution in [3.63, 3.8) is 0 Å². The molecular weight excluding hydrogens is 778 g/mol. The van der Waals surface area contributed by atoms with Crippen LogP contribution in [0.5, 0.6) is 11.5 Å². The third-order valence-electron chi connectivity index (χ3n) is 13.5. The first-order valence-electron chi connectivity index (χ1n) is 21.9. The largest absolute Gasteiger partial charge is 0.497 e. The molecular formula is C57H48FN3O2. The van der Waals surface area contributed by atoms with Crippen LogP contribution in [-0.4, -0.2) is 22.1 Å². The zero-order valence-electron chi connectivity index (χ0n) is 36.2. The van der Waals surface area contributed by atoms with Gasteiger partial charge in [-0.1, -0.05) is 161 Å². The molecule has 6 heteroatoms. The monoisotopic (exact) mass is 825 g/mol.